The Hall–Kier alpha value is -1.30. The average molecular weight is 308 g/mol. The summed E-state index contributed by atoms with van der Waals surface area (Å²) in [5.41, 5.74) is 1.11. The zero-order valence-electron chi connectivity index (χ0n) is 13.2. The number of anilines is 1. The van der Waals surface area contributed by atoms with E-state index < -0.39 is 0 Å². The van der Waals surface area contributed by atoms with Crippen LogP contribution in [0.3, 0.4) is 0 Å². The fourth-order valence-electron chi connectivity index (χ4n) is 2.38. The van der Waals surface area contributed by atoms with E-state index in [0.29, 0.717) is 23.8 Å². The number of hydrogen-bond acceptors (Lipinski definition) is 5. The van der Waals surface area contributed by atoms with Crippen molar-refractivity contribution in [3.05, 3.63) is 17.7 Å². The van der Waals surface area contributed by atoms with Crippen LogP contribution in [0.15, 0.2) is 6.20 Å². The van der Waals surface area contributed by atoms with Gasteiger partial charge in [-0.15, -0.1) is 0 Å². The monoisotopic (exact) mass is 308 g/mol. The second-order valence-electron chi connectivity index (χ2n) is 5.82. The molecule has 1 saturated carbocycles. The van der Waals surface area contributed by atoms with E-state index in [0.717, 1.165) is 0 Å². The Kier molecular flexibility index (Phi) is 5.08. The minimum absolute atomic E-state index is 0.121. The minimum Gasteiger partial charge on any atom is -0.385 e. The molecule has 0 unspecified atom stereocenters. The predicted molar refractivity (Wildman–Crippen MR) is 88.1 cm³/mol. The number of rotatable bonds is 6. The van der Waals surface area contributed by atoms with Crippen LogP contribution in [0.4, 0.5) is 5.69 Å². The molecule has 1 aliphatic carbocycles. The molecule has 1 fully saturated rings. The topological polar surface area (TPSA) is 66.9 Å². The summed E-state index contributed by atoms with van der Waals surface area (Å²) in [7, 11) is 1.78. The number of nitrogens with one attached hydrogen (secondary N) is 2. The maximum atomic E-state index is 12.5. The standard InChI is InChI=1S/C15H24N4OS/c1-10(2)13-17-8-11(16-3)12(19-13)14(20)18-9-15(21-4)6-5-7-15/h8,10,16H,5-7,9H2,1-4H3,(H,18,20). The first kappa shape index (κ1) is 16.1. The summed E-state index contributed by atoms with van der Waals surface area (Å²) in [6.45, 7) is 4.75. The van der Waals surface area contributed by atoms with Gasteiger partial charge in [-0.1, -0.05) is 20.3 Å². The summed E-state index contributed by atoms with van der Waals surface area (Å²) < 4.78 is 0.226. The molecule has 5 nitrogen and oxygen atoms in total. The summed E-state index contributed by atoms with van der Waals surface area (Å²) in [5, 5.41) is 6.03. The highest BCUT2D eigenvalue weighted by atomic mass is 32.2. The van der Waals surface area contributed by atoms with Crippen molar-refractivity contribution in [2.75, 3.05) is 25.2 Å². The van der Waals surface area contributed by atoms with E-state index in [9.17, 15) is 4.79 Å². The Labute approximate surface area is 130 Å². The van der Waals surface area contributed by atoms with E-state index >= 15 is 0 Å². The SMILES string of the molecule is CNc1cnc(C(C)C)nc1C(=O)NCC1(SC)CCC1. The highest BCUT2D eigenvalue weighted by Gasteiger charge is 2.36. The summed E-state index contributed by atoms with van der Waals surface area (Å²) >= 11 is 1.85. The zero-order chi connectivity index (χ0) is 15.5. The van der Waals surface area contributed by atoms with Crippen molar-refractivity contribution in [1.29, 1.82) is 0 Å². The second-order valence-corrected chi connectivity index (χ2v) is 7.09. The first-order valence-corrected chi connectivity index (χ1v) is 8.62. The van der Waals surface area contributed by atoms with Crippen molar-refractivity contribution < 1.29 is 4.79 Å². The first-order valence-electron chi connectivity index (χ1n) is 7.39. The lowest BCUT2D eigenvalue weighted by atomic mass is 9.84. The Morgan fingerprint density at radius 1 is 1.48 bits per heavy atom. The molecule has 0 atom stereocenters. The van der Waals surface area contributed by atoms with E-state index in [4.69, 9.17) is 0 Å². The maximum Gasteiger partial charge on any atom is 0.272 e. The number of hydrogen-bond donors (Lipinski definition) is 2. The average Bonchev–Trinajstić information content (AvgIpc) is 2.45. The van der Waals surface area contributed by atoms with E-state index in [1.807, 2.05) is 25.6 Å². The largest absolute Gasteiger partial charge is 0.385 e. The molecule has 0 radical (unpaired) electrons. The minimum atomic E-state index is -0.121. The molecular weight excluding hydrogens is 284 g/mol. The number of nitrogens with zero attached hydrogens (tertiary/aromatic N) is 2. The molecule has 21 heavy (non-hydrogen) atoms. The highest BCUT2D eigenvalue weighted by Crippen LogP contribution is 2.42. The van der Waals surface area contributed by atoms with E-state index in [1.165, 1.54) is 19.3 Å². The van der Waals surface area contributed by atoms with Crippen LogP contribution in [0.2, 0.25) is 0 Å². The predicted octanol–water partition coefficient (Wildman–Crippen LogP) is 2.66. The van der Waals surface area contributed by atoms with Gasteiger partial charge < -0.3 is 10.6 Å². The van der Waals surface area contributed by atoms with Gasteiger partial charge in [-0.05, 0) is 19.1 Å². The van der Waals surface area contributed by atoms with Crippen LogP contribution in [-0.4, -0.2) is 40.5 Å². The van der Waals surface area contributed by atoms with Crippen LogP contribution >= 0.6 is 11.8 Å². The fourth-order valence-corrected chi connectivity index (χ4v) is 3.29. The number of aromatic nitrogens is 2. The van der Waals surface area contributed by atoms with E-state index in [2.05, 4.69) is 26.9 Å². The Morgan fingerprint density at radius 3 is 2.67 bits per heavy atom. The quantitative estimate of drug-likeness (QED) is 0.845. The van der Waals surface area contributed by atoms with Crippen LogP contribution in [0.1, 0.15) is 55.3 Å². The van der Waals surface area contributed by atoms with Gasteiger partial charge >= 0.3 is 0 Å². The van der Waals surface area contributed by atoms with Gasteiger partial charge in [-0.3, -0.25) is 4.79 Å². The fraction of sp³-hybridized carbons (Fsp3) is 0.667. The lowest BCUT2D eigenvalue weighted by Crippen LogP contribution is -2.45. The van der Waals surface area contributed by atoms with Gasteiger partial charge in [-0.25, -0.2) is 9.97 Å². The Bertz CT molecular complexity index is 509. The van der Waals surface area contributed by atoms with Crippen LogP contribution in [0.25, 0.3) is 0 Å². The van der Waals surface area contributed by atoms with Gasteiger partial charge in [0.25, 0.3) is 5.91 Å². The van der Waals surface area contributed by atoms with Crippen LogP contribution in [0.5, 0.6) is 0 Å². The van der Waals surface area contributed by atoms with Crippen molar-refractivity contribution in [2.24, 2.45) is 0 Å². The number of carbonyl (C=O) groups is 1. The molecule has 116 valence electrons. The molecule has 1 aliphatic rings. The number of amides is 1. The van der Waals surface area contributed by atoms with Crippen LogP contribution in [0, 0.1) is 0 Å². The summed E-state index contributed by atoms with van der Waals surface area (Å²) in [5.74, 6) is 0.776. The van der Waals surface area contributed by atoms with Crippen molar-refractivity contribution in [3.8, 4) is 0 Å². The van der Waals surface area contributed by atoms with E-state index in [-0.39, 0.29) is 16.6 Å². The van der Waals surface area contributed by atoms with Gasteiger partial charge in [0, 0.05) is 24.3 Å². The third-order valence-corrected chi connectivity index (χ3v) is 5.50. The van der Waals surface area contributed by atoms with Crippen molar-refractivity contribution in [2.45, 2.75) is 43.8 Å². The lowest BCUT2D eigenvalue weighted by molar-refractivity contribution is 0.0939. The molecule has 0 saturated heterocycles. The zero-order valence-corrected chi connectivity index (χ0v) is 14.0. The number of thioether (sulfide) groups is 1. The second kappa shape index (κ2) is 6.64. The molecule has 0 aromatic carbocycles. The maximum absolute atomic E-state index is 12.5. The molecular formula is C15H24N4OS. The summed E-state index contributed by atoms with van der Waals surface area (Å²) in [6.07, 6.45) is 7.41. The van der Waals surface area contributed by atoms with Gasteiger partial charge in [0.2, 0.25) is 0 Å². The molecule has 1 amide bonds. The third kappa shape index (κ3) is 3.48. The van der Waals surface area contributed by atoms with Gasteiger partial charge in [-0.2, -0.15) is 11.8 Å². The molecule has 1 aromatic heterocycles. The van der Waals surface area contributed by atoms with Crippen molar-refractivity contribution in [1.82, 2.24) is 15.3 Å². The van der Waals surface area contributed by atoms with Crippen molar-refractivity contribution >= 4 is 23.4 Å². The lowest BCUT2D eigenvalue weighted by Gasteiger charge is -2.40. The molecule has 2 rings (SSSR count). The molecule has 2 N–H and O–H groups in total. The molecule has 1 heterocycles. The van der Waals surface area contributed by atoms with Gasteiger partial charge in [0.05, 0.1) is 11.9 Å². The third-order valence-electron chi connectivity index (χ3n) is 4.08. The van der Waals surface area contributed by atoms with Gasteiger partial charge in [0.1, 0.15) is 5.82 Å². The molecule has 0 bridgehead atoms. The highest BCUT2D eigenvalue weighted by molar-refractivity contribution is 8.00. The normalized spacial score (nSPS) is 16.4. The van der Waals surface area contributed by atoms with Crippen LogP contribution < -0.4 is 10.6 Å². The van der Waals surface area contributed by atoms with Gasteiger partial charge in [0.15, 0.2) is 5.69 Å². The van der Waals surface area contributed by atoms with Crippen LogP contribution in [-0.2, 0) is 0 Å². The van der Waals surface area contributed by atoms with Crippen molar-refractivity contribution in [3.63, 3.8) is 0 Å². The summed E-state index contributed by atoms with van der Waals surface area (Å²) in [4.78, 5) is 21.2. The number of carbonyl (C=O) groups excluding carboxylic acids is 1. The Morgan fingerprint density at radius 2 is 2.19 bits per heavy atom. The van der Waals surface area contributed by atoms with E-state index in [1.54, 1.807) is 13.2 Å². The molecule has 0 spiro atoms. The Balaban J connectivity index is 2.12. The first-order chi connectivity index (χ1) is 10.0. The molecule has 0 aliphatic heterocycles. The summed E-state index contributed by atoms with van der Waals surface area (Å²) in [6, 6.07) is 0. The smallest absolute Gasteiger partial charge is 0.272 e. The molecule has 6 heteroatoms. The molecule has 1 aromatic rings.